The van der Waals surface area contributed by atoms with Gasteiger partial charge in [-0.1, -0.05) is 18.2 Å². The zero-order valence-corrected chi connectivity index (χ0v) is 16.2. The lowest BCUT2D eigenvalue weighted by Gasteiger charge is -2.10. The van der Waals surface area contributed by atoms with Gasteiger partial charge in [-0.2, -0.15) is 5.10 Å². The molecule has 0 spiro atoms. The zero-order chi connectivity index (χ0) is 19.8. The van der Waals surface area contributed by atoms with Crippen molar-refractivity contribution in [1.29, 1.82) is 0 Å². The summed E-state index contributed by atoms with van der Waals surface area (Å²) in [6.45, 7) is 0.617. The van der Waals surface area contributed by atoms with Crippen molar-refractivity contribution in [2.45, 2.75) is 19.3 Å². The average molecular weight is 379 g/mol. The minimum atomic E-state index is 0.0444. The molecule has 0 aliphatic rings. The number of carbonyl (C=O) groups is 1. The molecule has 28 heavy (non-hydrogen) atoms. The second kappa shape index (κ2) is 9.60. The summed E-state index contributed by atoms with van der Waals surface area (Å²) in [4.78, 5) is 12.1. The Morgan fingerprint density at radius 2 is 1.75 bits per heavy atom. The Bertz CT molecular complexity index is 890. The largest absolute Gasteiger partial charge is 0.493 e. The molecule has 1 amide bonds. The molecule has 3 aromatic rings. The van der Waals surface area contributed by atoms with Gasteiger partial charge in [0.1, 0.15) is 0 Å². The van der Waals surface area contributed by atoms with Crippen LogP contribution < -0.4 is 14.8 Å². The molecule has 0 radical (unpaired) electrons. The van der Waals surface area contributed by atoms with Gasteiger partial charge in [-0.15, -0.1) is 0 Å². The summed E-state index contributed by atoms with van der Waals surface area (Å²) < 4.78 is 12.3. The van der Waals surface area contributed by atoms with E-state index in [0.29, 0.717) is 30.9 Å². The highest BCUT2D eigenvalue weighted by Gasteiger charge is 2.07. The molecular weight excluding hydrogens is 354 g/mol. The molecule has 1 N–H and O–H groups in total. The van der Waals surface area contributed by atoms with Gasteiger partial charge in [-0.3, -0.25) is 4.79 Å². The van der Waals surface area contributed by atoms with Crippen LogP contribution in [0.5, 0.6) is 11.5 Å². The Balaban J connectivity index is 1.42. The van der Waals surface area contributed by atoms with Gasteiger partial charge in [0.05, 0.1) is 19.9 Å². The van der Waals surface area contributed by atoms with Crippen molar-refractivity contribution in [2.24, 2.45) is 0 Å². The van der Waals surface area contributed by atoms with E-state index < -0.39 is 0 Å². The Hall–Kier alpha value is -3.28. The van der Waals surface area contributed by atoms with E-state index >= 15 is 0 Å². The van der Waals surface area contributed by atoms with Gasteiger partial charge >= 0.3 is 0 Å². The Morgan fingerprint density at radius 3 is 2.43 bits per heavy atom. The third-order valence-electron chi connectivity index (χ3n) is 4.53. The summed E-state index contributed by atoms with van der Waals surface area (Å²) in [6, 6.07) is 15.8. The maximum Gasteiger partial charge on any atom is 0.220 e. The van der Waals surface area contributed by atoms with Gasteiger partial charge in [0.15, 0.2) is 11.5 Å². The van der Waals surface area contributed by atoms with Crippen molar-refractivity contribution in [1.82, 2.24) is 15.1 Å². The maximum absolute atomic E-state index is 12.1. The Labute approximate surface area is 165 Å². The lowest BCUT2D eigenvalue weighted by molar-refractivity contribution is -0.121. The van der Waals surface area contributed by atoms with Gasteiger partial charge < -0.3 is 14.8 Å². The summed E-state index contributed by atoms with van der Waals surface area (Å²) in [5.74, 6) is 1.41. The molecule has 0 atom stereocenters. The smallest absolute Gasteiger partial charge is 0.220 e. The van der Waals surface area contributed by atoms with Crippen LogP contribution in [0.1, 0.15) is 17.5 Å². The van der Waals surface area contributed by atoms with Crippen LogP contribution in [-0.4, -0.2) is 36.5 Å². The third kappa shape index (κ3) is 5.13. The number of aromatic nitrogens is 2. The number of ether oxygens (including phenoxy) is 2. The number of methoxy groups -OCH3 is 2. The first-order valence-corrected chi connectivity index (χ1v) is 9.26. The highest BCUT2D eigenvalue weighted by molar-refractivity contribution is 5.76. The first-order chi connectivity index (χ1) is 13.7. The molecule has 0 bridgehead atoms. The summed E-state index contributed by atoms with van der Waals surface area (Å²) in [7, 11) is 3.21. The second-order valence-electron chi connectivity index (χ2n) is 6.41. The van der Waals surface area contributed by atoms with Crippen LogP contribution in [-0.2, 0) is 17.6 Å². The minimum Gasteiger partial charge on any atom is -0.493 e. The number of carbonyl (C=O) groups excluding carboxylic acids is 1. The standard InChI is InChI=1S/C22H25N3O3/c1-27-20-10-6-18(16-21(20)28-2)7-11-22(26)23-14-12-17-4-8-19(9-5-17)25-15-3-13-24-25/h3-6,8-10,13,15-16H,7,11-12,14H2,1-2H3,(H,23,26). The topological polar surface area (TPSA) is 65.4 Å². The highest BCUT2D eigenvalue weighted by Crippen LogP contribution is 2.27. The van der Waals surface area contributed by atoms with Gasteiger partial charge in [0, 0.05) is 25.4 Å². The number of hydrogen-bond acceptors (Lipinski definition) is 4. The number of aryl methyl sites for hydroxylation is 1. The molecule has 2 aromatic carbocycles. The van der Waals surface area contributed by atoms with Crippen molar-refractivity contribution in [3.05, 3.63) is 72.1 Å². The monoisotopic (exact) mass is 379 g/mol. The molecule has 0 unspecified atom stereocenters. The van der Waals surface area contributed by atoms with Gasteiger partial charge in [-0.25, -0.2) is 4.68 Å². The molecule has 0 saturated heterocycles. The maximum atomic E-state index is 12.1. The molecule has 6 nitrogen and oxygen atoms in total. The van der Waals surface area contributed by atoms with Crippen molar-refractivity contribution >= 4 is 5.91 Å². The molecule has 1 aromatic heterocycles. The molecule has 146 valence electrons. The van der Waals surface area contributed by atoms with E-state index in [1.807, 2.05) is 47.3 Å². The minimum absolute atomic E-state index is 0.0444. The van der Waals surface area contributed by atoms with Gasteiger partial charge in [0.25, 0.3) is 0 Å². The number of nitrogens with zero attached hydrogens (tertiary/aromatic N) is 2. The molecule has 6 heteroatoms. The molecule has 0 saturated carbocycles. The van der Waals surface area contributed by atoms with Crippen LogP contribution in [0.25, 0.3) is 5.69 Å². The normalized spacial score (nSPS) is 10.5. The van der Waals surface area contributed by atoms with Crippen LogP contribution in [0.4, 0.5) is 0 Å². The van der Waals surface area contributed by atoms with E-state index in [1.165, 1.54) is 5.56 Å². The van der Waals surface area contributed by atoms with Crippen LogP contribution in [0, 0.1) is 0 Å². The van der Waals surface area contributed by atoms with E-state index in [-0.39, 0.29) is 5.91 Å². The van der Waals surface area contributed by atoms with Gasteiger partial charge in [-0.05, 0) is 54.3 Å². The summed E-state index contributed by atoms with van der Waals surface area (Å²) in [5, 5.41) is 7.19. The molecular formula is C22H25N3O3. The molecule has 0 aliphatic carbocycles. The van der Waals surface area contributed by atoms with E-state index in [2.05, 4.69) is 22.5 Å². The zero-order valence-electron chi connectivity index (χ0n) is 16.2. The average Bonchev–Trinajstić information content (AvgIpc) is 3.27. The van der Waals surface area contributed by atoms with Crippen molar-refractivity contribution < 1.29 is 14.3 Å². The first kappa shape index (κ1) is 19.5. The Kier molecular flexibility index (Phi) is 6.68. The molecule has 0 aliphatic heterocycles. The first-order valence-electron chi connectivity index (χ1n) is 9.26. The fraction of sp³-hybridized carbons (Fsp3) is 0.273. The molecule has 3 rings (SSSR count). The van der Waals surface area contributed by atoms with Crippen LogP contribution in [0.2, 0.25) is 0 Å². The predicted octanol–water partition coefficient (Wildman–Crippen LogP) is 3.18. The van der Waals surface area contributed by atoms with E-state index in [0.717, 1.165) is 17.7 Å². The van der Waals surface area contributed by atoms with E-state index in [1.54, 1.807) is 20.4 Å². The third-order valence-corrected chi connectivity index (χ3v) is 4.53. The number of rotatable bonds is 9. The quantitative estimate of drug-likeness (QED) is 0.620. The lowest BCUT2D eigenvalue weighted by atomic mass is 10.1. The predicted molar refractivity (Wildman–Crippen MR) is 108 cm³/mol. The number of nitrogens with one attached hydrogen (secondary N) is 1. The fourth-order valence-corrected chi connectivity index (χ4v) is 2.97. The summed E-state index contributed by atoms with van der Waals surface area (Å²) >= 11 is 0. The summed E-state index contributed by atoms with van der Waals surface area (Å²) in [5.41, 5.74) is 3.24. The molecule has 1 heterocycles. The number of benzene rings is 2. The van der Waals surface area contributed by atoms with E-state index in [4.69, 9.17) is 9.47 Å². The van der Waals surface area contributed by atoms with Crippen molar-refractivity contribution in [3.63, 3.8) is 0 Å². The highest BCUT2D eigenvalue weighted by atomic mass is 16.5. The molecule has 0 fully saturated rings. The lowest BCUT2D eigenvalue weighted by Crippen LogP contribution is -2.25. The van der Waals surface area contributed by atoms with Crippen LogP contribution >= 0.6 is 0 Å². The van der Waals surface area contributed by atoms with Gasteiger partial charge in [0.2, 0.25) is 5.91 Å². The summed E-state index contributed by atoms with van der Waals surface area (Å²) in [6.07, 6.45) is 5.55. The van der Waals surface area contributed by atoms with E-state index in [9.17, 15) is 4.79 Å². The van der Waals surface area contributed by atoms with Crippen molar-refractivity contribution in [3.8, 4) is 17.2 Å². The van der Waals surface area contributed by atoms with Crippen molar-refractivity contribution in [2.75, 3.05) is 20.8 Å². The number of hydrogen-bond donors (Lipinski definition) is 1. The van der Waals surface area contributed by atoms with Crippen LogP contribution in [0.3, 0.4) is 0 Å². The SMILES string of the molecule is COc1ccc(CCC(=O)NCCc2ccc(-n3cccn3)cc2)cc1OC. The Morgan fingerprint density at radius 1 is 1.00 bits per heavy atom. The second-order valence-corrected chi connectivity index (χ2v) is 6.41. The van der Waals surface area contributed by atoms with Crippen LogP contribution in [0.15, 0.2) is 60.9 Å². The number of amides is 1. The fourth-order valence-electron chi connectivity index (χ4n) is 2.97.